The standard InChI is InChI=1S/C21H22N4O5S/c1-29-18-10-17(11-19(12-18)30-2)25-31(27,28)20-7-5-16(6-8-20)24-21(26)23-14-15-4-3-9-22-13-15/h3-13,25H,14H2,1-2H3,(H2,23,24,26). The number of benzene rings is 2. The van der Waals surface area contributed by atoms with Gasteiger partial charge < -0.3 is 20.1 Å². The minimum Gasteiger partial charge on any atom is -0.497 e. The molecule has 0 aliphatic rings. The molecular formula is C21H22N4O5S. The molecule has 0 aliphatic heterocycles. The van der Waals surface area contributed by atoms with Crippen LogP contribution in [0.15, 0.2) is 71.9 Å². The maximum Gasteiger partial charge on any atom is 0.319 e. The van der Waals surface area contributed by atoms with Gasteiger partial charge in [0.25, 0.3) is 10.0 Å². The molecule has 3 N–H and O–H groups in total. The first kappa shape index (κ1) is 21.9. The molecule has 2 amide bonds. The SMILES string of the molecule is COc1cc(NS(=O)(=O)c2ccc(NC(=O)NCc3cccnc3)cc2)cc(OC)c1. The van der Waals surface area contributed by atoms with Gasteiger partial charge in [-0.05, 0) is 35.9 Å². The van der Waals surface area contributed by atoms with E-state index in [0.717, 1.165) is 5.56 Å². The van der Waals surface area contributed by atoms with E-state index in [0.29, 0.717) is 29.4 Å². The number of rotatable bonds is 8. The van der Waals surface area contributed by atoms with Crippen LogP contribution in [0.25, 0.3) is 0 Å². The number of methoxy groups -OCH3 is 2. The summed E-state index contributed by atoms with van der Waals surface area (Å²) in [5.41, 5.74) is 1.61. The Balaban J connectivity index is 1.64. The second-order valence-corrected chi connectivity index (χ2v) is 8.08. The number of carbonyl (C=O) groups is 1. The van der Waals surface area contributed by atoms with Gasteiger partial charge in [-0.2, -0.15) is 0 Å². The first-order valence-electron chi connectivity index (χ1n) is 9.19. The molecule has 0 radical (unpaired) electrons. The summed E-state index contributed by atoms with van der Waals surface area (Å²) in [6.45, 7) is 0.320. The Hall–Kier alpha value is -3.79. The van der Waals surface area contributed by atoms with Crippen molar-refractivity contribution in [3.05, 3.63) is 72.6 Å². The fourth-order valence-electron chi connectivity index (χ4n) is 2.66. The van der Waals surface area contributed by atoms with E-state index in [2.05, 4.69) is 20.3 Å². The highest BCUT2D eigenvalue weighted by Crippen LogP contribution is 2.27. The van der Waals surface area contributed by atoms with Crippen molar-refractivity contribution in [1.29, 1.82) is 0 Å². The number of anilines is 2. The van der Waals surface area contributed by atoms with Crippen molar-refractivity contribution in [2.45, 2.75) is 11.4 Å². The topological polar surface area (TPSA) is 119 Å². The van der Waals surface area contributed by atoms with Crippen molar-refractivity contribution in [3.8, 4) is 11.5 Å². The Labute approximate surface area is 180 Å². The molecule has 10 heteroatoms. The van der Waals surface area contributed by atoms with Crippen LogP contribution in [0.3, 0.4) is 0 Å². The fraction of sp³-hybridized carbons (Fsp3) is 0.143. The number of pyridine rings is 1. The van der Waals surface area contributed by atoms with E-state index in [9.17, 15) is 13.2 Å². The average molecular weight is 442 g/mol. The van der Waals surface area contributed by atoms with Crippen LogP contribution in [0.2, 0.25) is 0 Å². The van der Waals surface area contributed by atoms with Crippen molar-refractivity contribution in [3.63, 3.8) is 0 Å². The lowest BCUT2D eigenvalue weighted by Gasteiger charge is -2.12. The maximum atomic E-state index is 12.7. The van der Waals surface area contributed by atoms with E-state index in [4.69, 9.17) is 9.47 Å². The molecule has 0 spiro atoms. The molecule has 0 saturated heterocycles. The third-order valence-corrected chi connectivity index (χ3v) is 5.60. The Bertz CT molecular complexity index is 1110. The van der Waals surface area contributed by atoms with Crippen molar-refractivity contribution >= 4 is 27.4 Å². The number of hydrogen-bond donors (Lipinski definition) is 3. The number of carbonyl (C=O) groups excluding carboxylic acids is 1. The third-order valence-electron chi connectivity index (χ3n) is 4.20. The number of hydrogen-bond acceptors (Lipinski definition) is 6. The van der Waals surface area contributed by atoms with Gasteiger partial charge in [0, 0.05) is 42.8 Å². The summed E-state index contributed by atoms with van der Waals surface area (Å²) in [5, 5.41) is 5.35. The molecule has 9 nitrogen and oxygen atoms in total. The second kappa shape index (κ2) is 9.81. The molecule has 0 aliphatic carbocycles. The third kappa shape index (κ3) is 6.09. The van der Waals surface area contributed by atoms with Crippen molar-refractivity contribution < 1.29 is 22.7 Å². The molecule has 1 heterocycles. The molecule has 3 aromatic rings. The largest absolute Gasteiger partial charge is 0.497 e. The quantitative estimate of drug-likeness (QED) is 0.493. The molecule has 1 aromatic heterocycles. The van der Waals surface area contributed by atoms with Crippen LogP contribution in [-0.4, -0.2) is 33.7 Å². The van der Waals surface area contributed by atoms with E-state index in [1.54, 1.807) is 36.7 Å². The predicted molar refractivity (Wildman–Crippen MR) is 117 cm³/mol. The Kier molecular flexibility index (Phi) is 6.93. The number of nitrogens with zero attached hydrogens (tertiary/aromatic N) is 1. The zero-order valence-electron chi connectivity index (χ0n) is 17.0. The lowest BCUT2D eigenvalue weighted by molar-refractivity contribution is 0.251. The number of nitrogens with one attached hydrogen (secondary N) is 3. The summed E-state index contributed by atoms with van der Waals surface area (Å²) in [6, 6.07) is 13.7. The smallest absolute Gasteiger partial charge is 0.319 e. The van der Waals surface area contributed by atoms with Gasteiger partial charge in [0.05, 0.1) is 24.8 Å². The summed E-state index contributed by atoms with van der Waals surface area (Å²) < 4.78 is 38.2. The van der Waals surface area contributed by atoms with Gasteiger partial charge in [-0.25, -0.2) is 13.2 Å². The van der Waals surface area contributed by atoms with Crippen molar-refractivity contribution in [2.24, 2.45) is 0 Å². The van der Waals surface area contributed by atoms with Crippen LogP contribution in [0, 0.1) is 0 Å². The van der Waals surface area contributed by atoms with Gasteiger partial charge in [0.1, 0.15) is 11.5 Å². The molecule has 3 rings (SSSR count). The number of aromatic nitrogens is 1. The first-order valence-corrected chi connectivity index (χ1v) is 10.7. The zero-order chi connectivity index (χ0) is 22.3. The fourth-order valence-corrected chi connectivity index (χ4v) is 3.70. The highest BCUT2D eigenvalue weighted by atomic mass is 32.2. The van der Waals surface area contributed by atoms with Crippen LogP contribution in [0.5, 0.6) is 11.5 Å². The Morgan fingerprint density at radius 1 is 0.968 bits per heavy atom. The molecule has 2 aromatic carbocycles. The summed E-state index contributed by atoms with van der Waals surface area (Å²) in [6.07, 6.45) is 3.31. The Morgan fingerprint density at radius 3 is 2.23 bits per heavy atom. The van der Waals surface area contributed by atoms with Crippen LogP contribution in [-0.2, 0) is 16.6 Å². The van der Waals surface area contributed by atoms with E-state index in [1.807, 2.05) is 6.07 Å². The monoisotopic (exact) mass is 442 g/mol. The summed E-state index contributed by atoms with van der Waals surface area (Å²) >= 11 is 0. The van der Waals surface area contributed by atoms with E-state index in [1.165, 1.54) is 38.5 Å². The second-order valence-electron chi connectivity index (χ2n) is 6.40. The van der Waals surface area contributed by atoms with Gasteiger partial charge in [-0.1, -0.05) is 6.07 Å². The van der Waals surface area contributed by atoms with Crippen molar-refractivity contribution in [1.82, 2.24) is 10.3 Å². The van der Waals surface area contributed by atoms with Crippen LogP contribution in [0.4, 0.5) is 16.2 Å². The molecule has 162 valence electrons. The Morgan fingerprint density at radius 2 is 1.65 bits per heavy atom. The molecule has 0 atom stereocenters. The zero-order valence-corrected chi connectivity index (χ0v) is 17.8. The molecule has 31 heavy (non-hydrogen) atoms. The number of ether oxygens (including phenoxy) is 2. The molecule has 0 saturated carbocycles. The molecular weight excluding hydrogens is 420 g/mol. The highest BCUT2D eigenvalue weighted by Gasteiger charge is 2.16. The predicted octanol–water partition coefficient (Wildman–Crippen LogP) is 3.22. The minimum absolute atomic E-state index is 0.0376. The molecule has 0 unspecified atom stereocenters. The van der Waals surface area contributed by atoms with Crippen LogP contribution < -0.4 is 24.8 Å². The summed E-state index contributed by atoms with van der Waals surface area (Å²) in [7, 11) is -0.895. The summed E-state index contributed by atoms with van der Waals surface area (Å²) in [5.74, 6) is 0.905. The van der Waals surface area contributed by atoms with Gasteiger partial charge in [-0.15, -0.1) is 0 Å². The molecule has 0 bridgehead atoms. The van der Waals surface area contributed by atoms with Gasteiger partial charge in [0.15, 0.2) is 0 Å². The number of amides is 2. The lowest BCUT2D eigenvalue weighted by Crippen LogP contribution is -2.28. The molecule has 0 fully saturated rings. The van der Waals surface area contributed by atoms with Crippen LogP contribution in [0.1, 0.15) is 5.56 Å². The van der Waals surface area contributed by atoms with Gasteiger partial charge in [-0.3, -0.25) is 9.71 Å². The normalized spacial score (nSPS) is 10.8. The van der Waals surface area contributed by atoms with Gasteiger partial charge >= 0.3 is 6.03 Å². The number of sulfonamides is 1. The summed E-state index contributed by atoms with van der Waals surface area (Å²) in [4.78, 5) is 16.1. The van der Waals surface area contributed by atoms with Gasteiger partial charge in [0.2, 0.25) is 0 Å². The van der Waals surface area contributed by atoms with E-state index < -0.39 is 16.1 Å². The van der Waals surface area contributed by atoms with E-state index in [-0.39, 0.29) is 4.90 Å². The highest BCUT2D eigenvalue weighted by molar-refractivity contribution is 7.92. The average Bonchev–Trinajstić information content (AvgIpc) is 2.78. The first-order chi connectivity index (χ1) is 14.9. The maximum absolute atomic E-state index is 12.7. The van der Waals surface area contributed by atoms with E-state index >= 15 is 0 Å². The minimum atomic E-state index is -3.85. The van der Waals surface area contributed by atoms with Crippen LogP contribution >= 0.6 is 0 Å². The number of urea groups is 1. The lowest BCUT2D eigenvalue weighted by atomic mass is 10.3. The van der Waals surface area contributed by atoms with Crippen molar-refractivity contribution in [2.75, 3.05) is 24.3 Å².